The van der Waals surface area contributed by atoms with E-state index in [-0.39, 0.29) is 0 Å². The SMILES string of the molecule is Cc1ccc2c(c1)C(N1CCN(S(C)(=O)=O)CC1)=Nc1ccccc1O2. The molecule has 136 valence electrons. The van der Waals surface area contributed by atoms with Crippen LogP contribution in [0.15, 0.2) is 47.5 Å². The number of sulfonamides is 1. The van der Waals surface area contributed by atoms with Gasteiger partial charge in [0, 0.05) is 26.2 Å². The van der Waals surface area contributed by atoms with E-state index >= 15 is 0 Å². The second-order valence-electron chi connectivity index (χ2n) is 6.65. The normalized spacial score (nSPS) is 17.6. The molecule has 0 atom stereocenters. The zero-order valence-electron chi connectivity index (χ0n) is 14.8. The molecule has 2 aliphatic rings. The highest BCUT2D eigenvalue weighted by Gasteiger charge is 2.28. The average Bonchev–Trinajstić information content (AvgIpc) is 2.77. The highest BCUT2D eigenvalue weighted by molar-refractivity contribution is 7.88. The van der Waals surface area contributed by atoms with Crippen LogP contribution in [0.4, 0.5) is 5.69 Å². The summed E-state index contributed by atoms with van der Waals surface area (Å²) >= 11 is 0. The fourth-order valence-corrected chi connectivity index (χ4v) is 4.14. The number of benzene rings is 2. The highest BCUT2D eigenvalue weighted by atomic mass is 32.2. The van der Waals surface area contributed by atoms with Crippen molar-refractivity contribution in [3.8, 4) is 11.5 Å². The minimum absolute atomic E-state index is 0.460. The maximum absolute atomic E-state index is 11.8. The van der Waals surface area contributed by atoms with Crippen LogP contribution in [0.2, 0.25) is 0 Å². The van der Waals surface area contributed by atoms with E-state index in [0.717, 1.165) is 34.1 Å². The predicted octanol–water partition coefficient (Wildman–Crippen LogP) is 2.76. The van der Waals surface area contributed by atoms with E-state index in [9.17, 15) is 8.42 Å². The molecule has 0 aliphatic carbocycles. The summed E-state index contributed by atoms with van der Waals surface area (Å²) in [6.07, 6.45) is 1.26. The Balaban J connectivity index is 1.75. The van der Waals surface area contributed by atoms with Crippen molar-refractivity contribution in [1.29, 1.82) is 0 Å². The summed E-state index contributed by atoms with van der Waals surface area (Å²) in [7, 11) is -3.16. The summed E-state index contributed by atoms with van der Waals surface area (Å²) in [5, 5.41) is 0. The van der Waals surface area contributed by atoms with Gasteiger partial charge in [0.05, 0.1) is 11.8 Å². The van der Waals surface area contributed by atoms with Crippen molar-refractivity contribution in [2.75, 3.05) is 32.4 Å². The number of aryl methyl sites for hydroxylation is 1. The molecule has 0 saturated carbocycles. The number of hydrogen-bond acceptors (Lipinski definition) is 5. The van der Waals surface area contributed by atoms with E-state index in [2.05, 4.69) is 11.0 Å². The Hall–Kier alpha value is -2.38. The Kier molecular flexibility index (Phi) is 4.20. The first-order valence-electron chi connectivity index (χ1n) is 8.58. The van der Waals surface area contributed by atoms with Crippen LogP contribution in [-0.2, 0) is 10.0 Å². The third-order valence-corrected chi connectivity index (χ3v) is 6.00. The number of aliphatic imine (C=N–C) groups is 1. The molecule has 0 bridgehead atoms. The van der Waals surface area contributed by atoms with Crippen LogP contribution < -0.4 is 4.74 Å². The molecule has 1 saturated heterocycles. The van der Waals surface area contributed by atoms with E-state index in [0.29, 0.717) is 26.2 Å². The third-order valence-electron chi connectivity index (χ3n) is 4.69. The fourth-order valence-electron chi connectivity index (χ4n) is 3.31. The minimum atomic E-state index is -3.16. The fraction of sp³-hybridized carbons (Fsp3) is 0.316. The monoisotopic (exact) mass is 371 g/mol. The van der Waals surface area contributed by atoms with Gasteiger partial charge in [0.2, 0.25) is 10.0 Å². The number of ether oxygens (including phenoxy) is 1. The van der Waals surface area contributed by atoms with Crippen LogP contribution in [0.5, 0.6) is 11.5 Å². The van der Waals surface area contributed by atoms with Crippen LogP contribution in [0.3, 0.4) is 0 Å². The summed E-state index contributed by atoms with van der Waals surface area (Å²) in [6, 6.07) is 13.8. The number of piperazine rings is 1. The Labute approximate surface area is 153 Å². The van der Waals surface area contributed by atoms with Gasteiger partial charge < -0.3 is 9.64 Å². The van der Waals surface area contributed by atoms with Gasteiger partial charge in [-0.3, -0.25) is 0 Å². The molecule has 0 radical (unpaired) electrons. The van der Waals surface area contributed by atoms with Gasteiger partial charge in [-0.1, -0.05) is 23.8 Å². The topological polar surface area (TPSA) is 62.2 Å². The molecule has 0 spiro atoms. The minimum Gasteiger partial charge on any atom is -0.454 e. The molecule has 2 aromatic rings. The largest absolute Gasteiger partial charge is 0.454 e. The smallest absolute Gasteiger partial charge is 0.211 e. The standard InChI is InChI=1S/C19H21N3O3S/c1-14-7-8-17-15(13-14)19(20-16-5-3-4-6-18(16)25-17)21-9-11-22(12-10-21)26(2,23)24/h3-8,13H,9-12H2,1-2H3. The third kappa shape index (κ3) is 3.20. The lowest BCUT2D eigenvalue weighted by atomic mass is 10.1. The van der Waals surface area contributed by atoms with Crippen molar-refractivity contribution in [1.82, 2.24) is 9.21 Å². The molecular formula is C19H21N3O3S. The van der Waals surface area contributed by atoms with Crippen molar-refractivity contribution in [2.24, 2.45) is 4.99 Å². The summed E-state index contributed by atoms with van der Waals surface area (Å²) < 4.78 is 31.2. The van der Waals surface area contributed by atoms with Gasteiger partial charge in [-0.2, -0.15) is 4.31 Å². The number of para-hydroxylation sites is 2. The van der Waals surface area contributed by atoms with Crippen LogP contribution in [0, 0.1) is 6.92 Å². The van der Waals surface area contributed by atoms with Gasteiger partial charge in [-0.25, -0.2) is 13.4 Å². The first-order chi connectivity index (χ1) is 12.4. The second-order valence-corrected chi connectivity index (χ2v) is 8.64. The number of nitrogens with zero attached hydrogens (tertiary/aromatic N) is 3. The Bertz CT molecular complexity index is 977. The molecule has 1 fully saturated rings. The van der Waals surface area contributed by atoms with Crippen molar-refractivity contribution in [3.63, 3.8) is 0 Å². The van der Waals surface area contributed by atoms with Crippen LogP contribution in [0.25, 0.3) is 0 Å². The van der Waals surface area contributed by atoms with Gasteiger partial charge >= 0.3 is 0 Å². The van der Waals surface area contributed by atoms with Crippen LogP contribution in [-0.4, -0.2) is 55.9 Å². The predicted molar refractivity (Wildman–Crippen MR) is 102 cm³/mol. The summed E-state index contributed by atoms with van der Waals surface area (Å²) in [5.74, 6) is 2.33. The van der Waals surface area contributed by atoms with E-state index in [4.69, 9.17) is 9.73 Å². The number of rotatable bonds is 1. The van der Waals surface area contributed by atoms with E-state index < -0.39 is 10.0 Å². The molecule has 2 aliphatic heterocycles. The quantitative estimate of drug-likeness (QED) is 0.773. The van der Waals surface area contributed by atoms with Crippen LogP contribution in [0.1, 0.15) is 11.1 Å². The summed E-state index contributed by atoms with van der Waals surface area (Å²) in [6.45, 7) is 4.16. The van der Waals surface area contributed by atoms with Gasteiger partial charge in [0.1, 0.15) is 17.3 Å². The van der Waals surface area contributed by atoms with Crippen LogP contribution >= 0.6 is 0 Å². The molecule has 7 heteroatoms. The van der Waals surface area contributed by atoms with Gasteiger partial charge in [-0.05, 0) is 31.2 Å². The molecule has 6 nitrogen and oxygen atoms in total. The van der Waals surface area contributed by atoms with Crippen molar-refractivity contribution in [3.05, 3.63) is 53.6 Å². The Morgan fingerprint density at radius 2 is 1.73 bits per heavy atom. The molecular weight excluding hydrogens is 350 g/mol. The number of amidine groups is 1. The average molecular weight is 371 g/mol. The zero-order chi connectivity index (χ0) is 18.3. The molecule has 26 heavy (non-hydrogen) atoms. The Morgan fingerprint density at radius 1 is 1.00 bits per heavy atom. The maximum Gasteiger partial charge on any atom is 0.211 e. The lowest BCUT2D eigenvalue weighted by Gasteiger charge is -2.35. The van der Waals surface area contributed by atoms with Crippen molar-refractivity contribution >= 4 is 21.5 Å². The molecule has 2 heterocycles. The zero-order valence-corrected chi connectivity index (χ0v) is 15.7. The molecule has 0 N–H and O–H groups in total. The van der Waals surface area contributed by atoms with E-state index in [1.807, 2.05) is 43.3 Å². The lowest BCUT2D eigenvalue weighted by Crippen LogP contribution is -2.50. The lowest BCUT2D eigenvalue weighted by molar-refractivity contribution is 0.267. The van der Waals surface area contributed by atoms with E-state index in [1.165, 1.54) is 10.6 Å². The van der Waals surface area contributed by atoms with E-state index in [1.54, 1.807) is 0 Å². The first kappa shape index (κ1) is 17.1. The van der Waals surface area contributed by atoms with Gasteiger partial charge in [0.25, 0.3) is 0 Å². The second kappa shape index (κ2) is 6.41. The number of hydrogen-bond donors (Lipinski definition) is 0. The summed E-state index contributed by atoms with van der Waals surface area (Å²) in [5.41, 5.74) is 2.84. The Morgan fingerprint density at radius 3 is 2.46 bits per heavy atom. The van der Waals surface area contributed by atoms with Gasteiger partial charge in [0.15, 0.2) is 5.75 Å². The molecule has 0 aromatic heterocycles. The molecule has 2 aromatic carbocycles. The van der Waals surface area contributed by atoms with Crippen molar-refractivity contribution in [2.45, 2.75) is 6.92 Å². The molecule has 0 unspecified atom stereocenters. The maximum atomic E-state index is 11.8. The summed E-state index contributed by atoms with van der Waals surface area (Å²) in [4.78, 5) is 7.03. The van der Waals surface area contributed by atoms with Crippen molar-refractivity contribution < 1.29 is 13.2 Å². The highest BCUT2D eigenvalue weighted by Crippen LogP contribution is 2.38. The molecule has 4 rings (SSSR count). The molecule has 0 amide bonds. The number of fused-ring (bicyclic) bond motifs is 2. The van der Waals surface area contributed by atoms with Gasteiger partial charge in [-0.15, -0.1) is 0 Å². The first-order valence-corrected chi connectivity index (χ1v) is 10.4.